The minimum absolute atomic E-state index is 0.142. The van der Waals surface area contributed by atoms with Crippen molar-refractivity contribution in [3.05, 3.63) is 23.8 Å². The summed E-state index contributed by atoms with van der Waals surface area (Å²) in [4.78, 5) is 23.4. The predicted octanol–water partition coefficient (Wildman–Crippen LogP) is 1.64. The van der Waals surface area contributed by atoms with Crippen molar-refractivity contribution in [1.29, 1.82) is 0 Å². The Morgan fingerprint density at radius 1 is 1.16 bits per heavy atom. The van der Waals surface area contributed by atoms with Gasteiger partial charge in [0.15, 0.2) is 5.83 Å². The number of alkyl halides is 3. The van der Waals surface area contributed by atoms with Gasteiger partial charge < -0.3 is 9.64 Å². The first-order valence-corrected chi connectivity index (χ1v) is 4.96. The van der Waals surface area contributed by atoms with Gasteiger partial charge in [-0.15, -0.1) is 0 Å². The number of allylic oxidation sites excluding steroid dienone is 1. The topological polar surface area (TPSA) is 46.6 Å². The van der Waals surface area contributed by atoms with Crippen molar-refractivity contribution in [2.45, 2.75) is 6.18 Å². The van der Waals surface area contributed by atoms with E-state index in [0.29, 0.717) is 0 Å². The van der Waals surface area contributed by atoms with Crippen LogP contribution in [0.25, 0.3) is 0 Å². The zero-order chi connectivity index (χ0) is 14.6. The van der Waals surface area contributed by atoms with E-state index in [1.54, 1.807) is 12.2 Å². The second kappa shape index (κ2) is 5.81. The summed E-state index contributed by atoms with van der Waals surface area (Å²) >= 11 is 0. The molecule has 1 aliphatic rings. The summed E-state index contributed by atoms with van der Waals surface area (Å²) in [5, 5.41) is 0. The Bertz CT molecular complexity index is 433. The molecule has 0 fully saturated rings. The standard InChI is InChI=1S/C10H8F5NO3/c11-6(7(12)10(13,14)15)5-19-9(18)8(17)16-3-1-2-4-16/h1-2H,3-5H2/b7-6+. The molecule has 0 atom stereocenters. The molecule has 0 spiro atoms. The minimum atomic E-state index is -5.50. The molecule has 1 amide bonds. The molecule has 1 aliphatic heterocycles. The number of hydrogen-bond acceptors (Lipinski definition) is 3. The van der Waals surface area contributed by atoms with E-state index in [4.69, 9.17) is 0 Å². The summed E-state index contributed by atoms with van der Waals surface area (Å²) in [6, 6.07) is 0. The fourth-order valence-electron chi connectivity index (χ4n) is 1.18. The number of nitrogens with zero attached hydrogens (tertiary/aromatic N) is 1. The third kappa shape index (κ3) is 4.04. The lowest BCUT2D eigenvalue weighted by Crippen LogP contribution is -2.36. The SMILES string of the molecule is O=C(OC/C(F)=C(\F)C(F)(F)F)C(=O)N1CC=CC1. The van der Waals surface area contributed by atoms with Crippen LogP contribution >= 0.6 is 0 Å². The van der Waals surface area contributed by atoms with Crippen LogP contribution in [0.3, 0.4) is 0 Å². The molecule has 1 heterocycles. The van der Waals surface area contributed by atoms with Crippen molar-refractivity contribution in [3.63, 3.8) is 0 Å². The maximum atomic E-state index is 12.7. The summed E-state index contributed by atoms with van der Waals surface area (Å²) in [6.45, 7) is -1.30. The number of rotatable bonds is 2. The van der Waals surface area contributed by atoms with Crippen LogP contribution in [0, 0.1) is 0 Å². The Labute approximate surface area is 104 Å². The van der Waals surface area contributed by atoms with Crippen LogP contribution < -0.4 is 0 Å². The molecule has 0 aliphatic carbocycles. The van der Waals surface area contributed by atoms with E-state index in [9.17, 15) is 31.5 Å². The fraction of sp³-hybridized carbons (Fsp3) is 0.400. The average molecular weight is 285 g/mol. The second-order valence-electron chi connectivity index (χ2n) is 3.47. The summed E-state index contributed by atoms with van der Waals surface area (Å²) in [5.41, 5.74) is 0. The Balaban J connectivity index is 2.52. The van der Waals surface area contributed by atoms with E-state index in [-0.39, 0.29) is 13.1 Å². The van der Waals surface area contributed by atoms with E-state index in [1.807, 2.05) is 0 Å². The molecule has 19 heavy (non-hydrogen) atoms. The molecule has 106 valence electrons. The number of carbonyl (C=O) groups is 2. The number of hydrogen-bond donors (Lipinski definition) is 0. The first-order chi connectivity index (χ1) is 8.73. The highest BCUT2D eigenvalue weighted by Gasteiger charge is 2.38. The monoisotopic (exact) mass is 285 g/mol. The number of carbonyl (C=O) groups excluding carboxylic acids is 2. The van der Waals surface area contributed by atoms with Crippen molar-refractivity contribution < 1.29 is 36.3 Å². The van der Waals surface area contributed by atoms with Gasteiger partial charge in [-0.05, 0) is 0 Å². The molecule has 0 aromatic rings. The van der Waals surface area contributed by atoms with E-state index in [0.717, 1.165) is 4.90 Å². The molecule has 0 radical (unpaired) electrons. The zero-order valence-corrected chi connectivity index (χ0v) is 9.34. The molecule has 1 rings (SSSR count). The van der Waals surface area contributed by atoms with Crippen molar-refractivity contribution in [1.82, 2.24) is 4.90 Å². The molecular weight excluding hydrogens is 277 g/mol. The van der Waals surface area contributed by atoms with Crippen LogP contribution in [0.5, 0.6) is 0 Å². The van der Waals surface area contributed by atoms with Gasteiger partial charge in [-0.3, -0.25) is 4.79 Å². The quantitative estimate of drug-likeness (QED) is 0.335. The van der Waals surface area contributed by atoms with Crippen LogP contribution in [-0.4, -0.2) is 42.6 Å². The largest absolute Gasteiger partial charge is 0.451 e. The lowest BCUT2D eigenvalue weighted by atomic mass is 10.4. The van der Waals surface area contributed by atoms with Gasteiger partial charge >= 0.3 is 18.1 Å². The highest BCUT2D eigenvalue weighted by atomic mass is 19.4. The van der Waals surface area contributed by atoms with Crippen LogP contribution in [0.1, 0.15) is 0 Å². The Kier molecular flexibility index (Phi) is 4.62. The molecule has 0 aromatic carbocycles. The third-order valence-electron chi connectivity index (χ3n) is 2.10. The lowest BCUT2D eigenvalue weighted by molar-refractivity contribution is -0.159. The molecule has 4 nitrogen and oxygen atoms in total. The predicted molar refractivity (Wildman–Crippen MR) is 52.0 cm³/mol. The normalized spacial score (nSPS) is 16.4. The van der Waals surface area contributed by atoms with Gasteiger partial charge in [0.2, 0.25) is 5.83 Å². The van der Waals surface area contributed by atoms with Crippen molar-refractivity contribution in [2.24, 2.45) is 0 Å². The van der Waals surface area contributed by atoms with Crippen LogP contribution in [0.4, 0.5) is 22.0 Å². The third-order valence-corrected chi connectivity index (χ3v) is 2.10. The Morgan fingerprint density at radius 2 is 1.68 bits per heavy atom. The summed E-state index contributed by atoms with van der Waals surface area (Å²) < 4.78 is 64.2. The first kappa shape index (κ1) is 15.1. The van der Waals surface area contributed by atoms with Crippen LogP contribution in [-0.2, 0) is 14.3 Å². The number of esters is 1. The van der Waals surface area contributed by atoms with Gasteiger partial charge in [0.1, 0.15) is 6.61 Å². The van der Waals surface area contributed by atoms with Gasteiger partial charge in [-0.1, -0.05) is 12.2 Å². The van der Waals surface area contributed by atoms with Gasteiger partial charge in [0, 0.05) is 13.1 Å². The maximum Gasteiger partial charge on any atom is 0.445 e. The Morgan fingerprint density at radius 3 is 2.16 bits per heavy atom. The molecular formula is C10H8F5NO3. The molecule has 0 unspecified atom stereocenters. The minimum Gasteiger partial charge on any atom is -0.451 e. The zero-order valence-electron chi connectivity index (χ0n) is 9.34. The van der Waals surface area contributed by atoms with E-state index < -0.39 is 36.3 Å². The molecule has 0 bridgehead atoms. The fourth-order valence-corrected chi connectivity index (χ4v) is 1.18. The van der Waals surface area contributed by atoms with E-state index in [2.05, 4.69) is 4.74 Å². The molecule has 9 heteroatoms. The van der Waals surface area contributed by atoms with Gasteiger partial charge in [0.05, 0.1) is 0 Å². The molecule has 0 N–H and O–H groups in total. The summed E-state index contributed by atoms with van der Waals surface area (Å²) in [7, 11) is 0. The molecule has 0 saturated heterocycles. The average Bonchev–Trinajstić information content (AvgIpc) is 2.86. The number of amides is 1. The first-order valence-electron chi connectivity index (χ1n) is 4.96. The van der Waals surface area contributed by atoms with Gasteiger partial charge in [0.25, 0.3) is 0 Å². The smallest absolute Gasteiger partial charge is 0.445 e. The Hall–Kier alpha value is -1.93. The highest BCUT2D eigenvalue weighted by Crippen LogP contribution is 2.29. The summed E-state index contributed by atoms with van der Waals surface area (Å²) in [6.07, 6.45) is -2.34. The summed E-state index contributed by atoms with van der Waals surface area (Å²) in [5.74, 6) is -7.97. The second-order valence-corrected chi connectivity index (χ2v) is 3.47. The van der Waals surface area contributed by atoms with Gasteiger partial charge in [-0.2, -0.15) is 17.6 Å². The highest BCUT2D eigenvalue weighted by molar-refractivity contribution is 6.32. The van der Waals surface area contributed by atoms with Gasteiger partial charge in [-0.25, -0.2) is 9.18 Å². The number of halogens is 5. The number of ether oxygens (including phenoxy) is 1. The van der Waals surface area contributed by atoms with Crippen molar-refractivity contribution in [2.75, 3.05) is 19.7 Å². The van der Waals surface area contributed by atoms with E-state index in [1.165, 1.54) is 0 Å². The van der Waals surface area contributed by atoms with Crippen molar-refractivity contribution >= 4 is 11.9 Å². The molecule has 0 aromatic heterocycles. The maximum absolute atomic E-state index is 12.7. The van der Waals surface area contributed by atoms with E-state index >= 15 is 0 Å². The van der Waals surface area contributed by atoms with Crippen LogP contribution in [0.2, 0.25) is 0 Å². The van der Waals surface area contributed by atoms with Crippen molar-refractivity contribution in [3.8, 4) is 0 Å². The lowest BCUT2D eigenvalue weighted by Gasteiger charge is -2.13. The molecule has 0 saturated carbocycles. The van der Waals surface area contributed by atoms with Crippen LogP contribution in [0.15, 0.2) is 23.8 Å².